The summed E-state index contributed by atoms with van der Waals surface area (Å²) in [5, 5.41) is 0. The molecule has 2 aliphatic rings. The SMILES string of the molecule is CCCOc1cccc2c1nc(N)n2C1CC2CCC1O2. The molecule has 0 aliphatic carbocycles. The number of fused-ring (bicyclic) bond motifs is 3. The summed E-state index contributed by atoms with van der Waals surface area (Å²) >= 11 is 0. The molecule has 3 atom stereocenters. The van der Waals surface area contributed by atoms with E-state index in [9.17, 15) is 0 Å². The quantitative estimate of drug-likeness (QED) is 0.939. The van der Waals surface area contributed by atoms with E-state index in [0.29, 0.717) is 24.7 Å². The number of hydrogen-bond donors (Lipinski definition) is 1. The molecule has 112 valence electrons. The topological polar surface area (TPSA) is 62.3 Å². The van der Waals surface area contributed by atoms with E-state index < -0.39 is 0 Å². The van der Waals surface area contributed by atoms with Crippen LogP contribution in [-0.2, 0) is 4.74 Å². The highest BCUT2D eigenvalue weighted by Crippen LogP contribution is 2.44. The maximum Gasteiger partial charge on any atom is 0.201 e. The molecule has 2 fully saturated rings. The van der Waals surface area contributed by atoms with E-state index in [4.69, 9.17) is 15.2 Å². The maximum atomic E-state index is 6.20. The molecule has 2 N–H and O–H groups in total. The van der Waals surface area contributed by atoms with Gasteiger partial charge in [0.2, 0.25) is 5.95 Å². The number of benzene rings is 1. The molecule has 1 aromatic heterocycles. The van der Waals surface area contributed by atoms with Crippen LogP contribution in [0, 0.1) is 0 Å². The van der Waals surface area contributed by atoms with E-state index in [1.807, 2.05) is 12.1 Å². The first-order valence-corrected chi connectivity index (χ1v) is 7.82. The lowest BCUT2D eigenvalue weighted by atomic mass is 9.95. The number of nitrogens with two attached hydrogens (primary N) is 1. The summed E-state index contributed by atoms with van der Waals surface area (Å²) in [5.41, 5.74) is 8.13. The summed E-state index contributed by atoms with van der Waals surface area (Å²) < 4.78 is 13.9. The van der Waals surface area contributed by atoms with Gasteiger partial charge in [0.25, 0.3) is 0 Å². The van der Waals surface area contributed by atoms with Crippen molar-refractivity contribution in [2.24, 2.45) is 0 Å². The Morgan fingerprint density at radius 2 is 2.33 bits per heavy atom. The van der Waals surface area contributed by atoms with Gasteiger partial charge < -0.3 is 19.8 Å². The van der Waals surface area contributed by atoms with E-state index >= 15 is 0 Å². The molecule has 2 bridgehead atoms. The summed E-state index contributed by atoms with van der Waals surface area (Å²) in [6.07, 6.45) is 5.01. The molecular weight excluding hydrogens is 266 g/mol. The Morgan fingerprint density at radius 3 is 3.05 bits per heavy atom. The van der Waals surface area contributed by atoms with Crippen molar-refractivity contribution >= 4 is 17.0 Å². The van der Waals surface area contributed by atoms with Crippen LogP contribution in [0.25, 0.3) is 11.0 Å². The van der Waals surface area contributed by atoms with E-state index in [1.54, 1.807) is 0 Å². The Bertz CT molecular complexity index is 667. The highest BCUT2D eigenvalue weighted by atomic mass is 16.5. The summed E-state index contributed by atoms with van der Waals surface area (Å²) in [4.78, 5) is 4.55. The predicted octanol–water partition coefficient (Wildman–Crippen LogP) is 2.90. The van der Waals surface area contributed by atoms with Crippen LogP contribution >= 0.6 is 0 Å². The Labute approximate surface area is 124 Å². The maximum absolute atomic E-state index is 6.20. The minimum atomic E-state index is 0.287. The van der Waals surface area contributed by atoms with Crippen LogP contribution in [0.4, 0.5) is 5.95 Å². The molecule has 0 spiro atoms. The summed E-state index contributed by atoms with van der Waals surface area (Å²) in [6, 6.07) is 6.37. The highest BCUT2D eigenvalue weighted by molar-refractivity contribution is 5.84. The van der Waals surface area contributed by atoms with Crippen molar-refractivity contribution in [3.63, 3.8) is 0 Å². The van der Waals surface area contributed by atoms with Crippen LogP contribution in [-0.4, -0.2) is 28.4 Å². The second-order valence-electron chi connectivity index (χ2n) is 5.99. The average Bonchev–Trinajstić information content (AvgIpc) is 3.17. The van der Waals surface area contributed by atoms with E-state index in [1.165, 1.54) is 6.42 Å². The van der Waals surface area contributed by atoms with E-state index in [2.05, 4.69) is 22.5 Å². The Balaban J connectivity index is 1.77. The number of hydrogen-bond acceptors (Lipinski definition) is 4. The monoisotopic (exact) mass is 287 g/mol. The third kappa shape index (κ3) is 1.99. The van der Waals surface area contributed by atoms with Gasteiger partial charge in [-0.1, -0.05) is 13.0 Å². The molecule has 3 heterocycles. The van der Waals surface area contributed by atoms with Gasteiger partial charge >= 0.3 is 0 Å². The van der Waals surface area contributed by atoms with Gasteiger partial charge in [-0.2, -0.15) is 0 Å². The molecule has 0 saturated carbocycles. The van der Waals surface area contributed by atoms with Crippen LogP contribution in [0.1, 0.15) is 38.6 Å². The van der Waals surface area contributed by atoms with Gasteiger partial charge in [0, 0.05) is 0 Å². The number of ether oxygens (including phenoxy) is 2. The number of anilines is 1. The van der Waals surface area contributed by atoms with Gasteiger partial charge in [0.1, 0.15) is 11.3 Å². The number of nitrogens with zero attached hydrogens (tertiary/aromatic N) is 2. The van der Waals surface area contributed by atoms with Crippen LogP contribution in [0.5, 0.6) is 5.75 Å². The van der Waals surface area contributed by atoms with Gasteiger partial charge in [0.05, 0.1) is 30.4 Å². The van der Waals surface area contributed by atoms with Crippen molar-refractivity contribution in [1.82, 2.24) is 9.55 Å². The van der Waals surface area contributed by atoms with Crippen LogP contribution in [0.3, 0.4) is 0 Å². The molecule has 0 radical (unpaired) electrons. The lowest BCUT2D eigenvalue weighted by Gasteiger charge is -2.22. The lowest BCUT2D eigenvalue weighted by Crippen LogP contribution is -2.22. The molecule has 5 heteroatoms. The lowest BCUT2D eigenvalue weighted by molar-refractivity contribution is 0.0945. The molecule has 21 heavy (non-hydrogen) atoms. The largest absolute Gasteiger partial charge is 0.491 e. The predicted molar refractivity (Wildman–Crippen MR) is 81.5 cm³/mol. The summed E-state index contributed by atoms with van der Waals surface area (Å²) in [7, 11) is 0. The molecule has 3 unspecified atom stereocenters. The molecule has 2 saturated heterocycles. The van der Waals surface area contributed by atoms with Gasteiger partial charge in [-0.05, 0) is 37.8 Å². The zero-order chi connectivity index (χ0) is 14.4. The first kappa shape index (κ1) is 13.0. The molecule has 4 rings (SSSR count). The Kier molecular flexibility index (Phi) is 3.03. The zero-order valence-corrected chi connectivity index (χ0v) is 12.3. The molecule has 5 nitrogen and oxygen atoms in total. The number of nitrogen functional groups attached to an aromatic ring is 1. The fourth-order valence-electron chi connectivity index (χ4n) is 3.67. The minimum Gasteiger partial charge on any atom is -0.491 e. The molecule has 0 amide bonds. The van der Waals surface area contributed by atoms with E-state index in [-0.39, 0.29) is 6.10 Å². The van der Waals surface area contributed by atoms with Crippen molar-refractivity contribution in [3.05, 3.63) is 18.2 Å². The molecule has 2 aliphatic heterocycles. The van der Waals surface area contributed by atoms with Gasteiger partial charge in [0.15, 0.2) is 0 Å². The van der Waals surface area contributed by atoms with Crippen molar-refractivity contribution in [2.75, 3.05) is 12.3 Å². The van der Waals surface area contributed by atoms with Crippen molar-refractivity contribution in [1.29, 1.82) is 0 Å². The number of aromatic nitrogens is 2. The standard InChI is InChI=1S/C16H21N3O2/c1-2-8-20-14-5-3-4-11-15(14)18-16(17)19(11)12-9-10-6-7-13(12)21-10/h3-5,10,12-13H,2,6-9H2,1H3,(H2,17,18). The van der Waals surface area contributed by atoms with Crippen molar-refractivity contribution in [3.8, 4) is 5.75 Å². The first-order chi connectivity index (χ1) is 10.3. The third-order valence-electron chi connectivity index (χ3n) is 4.58. The average molecular weight is 287 g/mol. The van der Waals surface area contributed by atoms with Crippen LogP contribution in [0.15, 0.2) is 18.2 Å². The second-order valence-corrected chi connectivity index (χ2v) is 5.99. The Hall–Kier alpha value is -1.75. The smallest absolute Gasteiger partial charge is 0.201 e. The number of rotatable bonds is 4. The number of para-hydroxylation sites is 1. The van der Waals surface area contributed by atoms with Gasteiger partial charge in [-0.25, -0.2) is 4.98 Å². The first-order valence-electron chi connectivity index (χ1n) is 7.82. The zero-order valence-electron chi connectivity index (χ0n) is 12.3. The number of imidazole rings is 1. The van der Waals surface area contributed by atoms with Crippen molar-refractivity contribution < 1.29 is 9.47 Å². The highest BCUT2D eigenvalue weighted by Gasteiger charge is 2.42. The summed E-state index contributed by atoms with van der Waals surface area (Å²) in [5.74, 6) is 1.39. The normalized spacial score (nSPS) is 27.6. The third-order valence-corrected chi connectivity index (χ3v) is 4.58. The molecule has 1 aromatic carbocycles. The minimum absolute atomic E-state index is 0.287. The van der Waals surface area contributed by atoms with Crippen LogP contribution in [0.2, 0.25) is 0 Å². The molecular formula is C16H21N3O2. The van der Waals surface area contributed by atoms with E-state index in [0.717, 1.165) is 36.0 Å². The Morgan fingerprint density at radius 1 is 1.43 bits per heavy atom. The van der Waals surface area contributed by atoms with Gasteiger partial charge in [-0.3, -0.25) is 0 Å². The second kappa shape index (κ2) is 4.91. The summed E-state index contributed by atoms with van der Waals surface area (Å²) in [6.45, 7) is 2.79. The van der Waals surface area contributed by atoms with Gasteiger partial charge in [-0.15, -0.1) is 0 Å². The fourth-order valence-corrected chi connectivity index (χ4v) is 3.67. The molecule has 2 aromatic rings. The fraction of sp³-hybridized carbons (Fsp3) is 0.562. The van der Waals surface area contributed by atoms with Crippen molar-refractivity contribution in [2.45, 2.75) is 50.9 Å². The van der Waals surface area contributed by atoms with Crippen LogP contribution < -0.4 is 10.5 Å².